The van der Waals surface area contributed by atoms with Crippen LogP contribution in [0, 0.1) is 0 Å². The van der Waals surface area contributed by atoms with Crippen LogP contribution in [-0.4, -0.2) is 139 Å². The van der Waals surface area contributed by atoms with Gasteiger partial charge in [-0.2, -0.15) is 4.98 Å². The second-order valence-electron chi connectivity index (χ2n) is 16.4. The van der Waals surface area contributed by atoms with Crippen molar-refractivity contribution in [2.75, 3.05) is 79.8 Å². The summed E-state index contributed by atoms with van der Waals surface area (Å²) in [5.41, 5.74) is 2.03. The molecule has 0 saturated carbocycles. The number of rotatable bonds is 23. The number of nitrogens with one attached hydrogen (secondary N) is 1. The van der Waals surface area contributed by atoms with Crippen molar-refractivity contribution in [3.05, 3.63) is 148 Å². The Morgan fingerprint density at radius 1 is 0.870 bits per heavy atom. The molecule has 2 aromatic heterocycles. The zero-order chi connectivity index (χ0) is 48.2. The molecule has 3 unspecified atom stereocenters. The first kappa shape index (κ1) is 50.3. The average molecular weight is 996 g/mol. The van der Waals surface area contributed by atoms with E-state index in [-0.39, 0.29) is 35.4 Å². The molecule has 1 N–H and O–H groups in total. The fraction of sp³-hybridized carbons (Fsp3) is 0.380. The Morgan fingerprint density at radius 3 is 2.13 bits per heavy atom. The van der Waals surface area contributed by atoms with Gasteiger partial charge in [0, 0.05) is 51.4 Å². The van der Waals surface area contributed by atoms with E-state index in [1.165, 1.54) is 11.8 Å². The molecule has 0 spiro atoms. The van der Waals surface area contributed by atoms with E-state index in [4.69, 9.17) is 37.9 Å². The molecule has 69 heavy (non-hydrogen) atoms. The maximum Gasteiger partial charge on any atom is 0.280 e. The standard InChI is InChI=1S/C50H58N7O9PS2/c1-55(2)33-52-49-53-45-42(46(58)54-49)51-34-57(45)47-44(63-29-28-60-3)43(66-67(56-26-12-13-27-56)69-31-30-68-48(59)35-14-8-6-9-15-35)41(65-47)32-64-50(36-16-10-7-11-17-36,37-18-22-39(61-4)23-19-37)38-20-24-40(62-5)25-21-38/h6-11,14-25,33-34,41,43-44,47H,12-13,26-32H2,1-5H3,(H,53,54,58)/t41-,43?,44?,47-,67?/m1/s1. The number of aromatic amines is 1. The number of carbonyl (C=O) groups excluding carboxylic acids is 1. The third-order valence-electron chi connectivity index (χ3n) is 11.7. The van der Waals surface area contributed by atoms with Crippen molar-refractivity contribution in [2.24, 2.45) is 4.99 Å². The average Bonchev–Trinajstić information content (AvgIpc) is 4.16. The summed E-state index contributed by atoms with van der Waals surface area (Å²) in [5.74, 6) is 2.78. The minimum absolute atomic E-state index is 0.0204. The van der Waals surface area contributed by atoms with Gasteiger partial charge in [0.1, 0.15) is 35.4 Å². The van der Waals surface area contributed by atoms with E-state index in [1.807, 2.05) is 111 Å². The van der Waals surface area contributed by atoms with Gasteiger partial charge in [0.15, 0.2) is 24.9 Å². The fourth-order valence-corrected chi connectivity index (χ4v) is 13.6. The number of thioether (sulfide) groups is 1. The van der Waals surface area contributed by atoms with Crippen LogP contribution in [-0.2, 0) is 29.1 Å². The first-order chi connectivity index (χ1) is 33.7. The van der Waals surface area contributed by atoms with Gasteiger partial charge in [0.25, 0.3) is 5.56 Å². The van der Waals surface area contributed by atoms with Gasteiger partial charge < -0.3 is 37.8 Å². The van der Waals surface area contributed by atoms with Gasteiger partial charge in [-0.3, -0.25) is 23.8 Å². The van der Waals surface area contributed by atoms with Crippen LogP contribution >= 0.6 is 30.6 Å². The minimum Gasteiger partial charge on any atom is -0.497 e. The van der Waals surface area contributed by atoms with E-state index < -0.39 is 43.2 Å². The minimum atomic E-state index is -1.31. The van der Waals surface area contributed by atoms with Crippen molar-refractivity contribution in [2.45, 2.75) is 43.0 Å². The predicted molar refractivity (Wildman–Crippen MR) is 272 cm³/mol. The number of hydrogen-bond donors (Lipinski definition) is 1. The Kier molecular flexibility index (Phi) is 17.6. The summed E-state index contributed by atoms with van der Waals surface area (Å²) in [6.07, 6.45) is 2.05. The molecule has 8 rings (SSSR count). The number of carbonyl (C=O) groups is 1. The summed E-state index contributed by atoms with van der Waals surface area (Å²) in [6, 6.07) is 35.2. The molecule has 2 aliphatic heterocycles. The molecule has 0 aliphatic carbocycles. The summed E-state index contributed by atoms with van der Waals surface area (Å²) in [6.45, 7) is 2.27. The van der Waals surface area contributed by atoms with E-state index in [2.05, 4.69) is 31.8 Å². The number of fused-ring (bicyclic) bond motifs is 1. The van der Waals surface area contributed by atoms with Crippen LogP contribution in [0.25, 0.3) is 11.2 Å². The molecule has 5 atom stereocenters. The summed E-state index contributed by atoms with van der Waals surface area (Å²) in [5, 5.41) is 0.0321. The van der Waals surface area contributed by atoms with Crippen LogP contribution in [0.2, 0.25) is 0 Å². The first-order valence-electron chi connectivity index (χ1n) is 22.7. The molecule has 0 bridgehead atoms. The lowest BCUT2D eigenvalue weighted by atomic mass is 9.80. The Morgan fingerprint density at radius 2 is 1.51 bits per heavy atom. The number of methoxy groups -OCH3 is 3. The van der Waals surface area contributed by atoms with Gasteiger partial charge in [0.2, 0.25) is 11.1 Å². The summed E-state index contributed by atoms with van der Waals surface area (Å²) < 4.78 is 49.8. The number of nitrogens with zero attached hydrogens (tertiary/aromatic N) is 6. The highest BCUT2D eigenvalue weighted by molar-refractivity contribution is 8.53. The van der Waals surface area contributed by atoms with Gasteiger partial charge >= 0.3 is 0 Å². The largest absolute Gasteiger partial charge is 0.497 e. The number of benzene rings is 4. The Bertz CT molecular complexity index is 2610. The van der Waals surface area contributed by atoms with Crippen molar-refractivity contribution in [3.8, 4) is 11.5 Å². The zero-order valence-electron chi connectivity index (χ0n) is 39.3. The Hall–Kier alpha value is -5.14. The lowest BCUT2D eigenvalue weighted by molar-refractivity contribution is -0.0964. The van der Waals surface area contributed by atoms with Crippen molar-refractivity contribution < 1.29 is 37.7 Å². The quantitative estimate of drug-likeness (QED) is 0.0214. The molecule has 0 amide bonds. The maximum atomic E-state index is 13.5. The van der Waals surface area contributed by atoms with Gasteiger partial charge in [-0.25, -0.2) is 9.98 Å². The number of ether oxygens (including phenoxy) is 6. The van der Waals surface area contributed by atoms with Gasteiger partial charge in [-0.15, -0.1) is 0 Å². The van der Waals surface area contributed by atoms with E-state index in [1.54, 1.807) is 54.8 Å². The molecule has 6 aromatic rings. The second kappa shape index (κ2) is 24.1. The van der Waals surface area contributed by atoms with E-state index in [0.717, 1.165) is 42.6 Å². The van der Waals surface area contributed by atoms with E-state index in [9.17, 15) is 9.59 Å². The predicted octanol–water partition coefficient (Wildman–Crippen LogP) is 8.31. The van der Waals surface area contributed by atoms with Crippen molar-refractivity contribution in [3.63, 3.8) is 0 Å². The second-order valence-corrected chi connectivity index (χ2v) is 21.1. The molecule has 4 heterocycles. The monoisotopic (exact) mass is 995 g/mol. The molecule has 2 saturated heterocycles. The number of aliphatic imine (C=N–C) groups is 1. The highest BCUT2D eigenvalue weighted by Gasteiger charge is 2.51. The van der Waals surface area contributed by atoms with Crippen LogP contribution in [0.15, 0.2) is 125 Å². The molecule has 4 aromatic carbocycles. The van der Waals surface area contributed by atoms with E-state index in [0.29, 0.717) is 35.2 Å². The molecule has 19 heteroatoms. The third-order valence-corrected chi connectivity index (χ3v) is 16.9. The van der Waals surface area contributed by atoms with Crippen molar-refractivity contribution in [1.29, 1.82) is 0 Å². The Labute approximate surface area is 411 Å². The first-order valence-corrected chi connectivity index (χ1v) is 26.5. The van der Waals surface area contributed by atoms with Crippen molar-refractivity contribution in [1.82, 2.24) is 29.1 Å². The molecule has 0 radical (unpaired) electrons. The summed E-state index contributed by atoms with van der Waals surface area (Å²) in [7, 11) is 7.25. The summed E-state index contributed by atoms with van der Waals surface area (Å²) in [4.78, 5) is 44.8. The number of imidazole rings is 1. The van der Waals surface area contributed by atoms with Crippen molar-refractivity contribution >= 4 is 59.2 Å². The topological polar surface area (TPSA) is 164 Å². The number of hydrogen-bond acceptors (Lipinski definition) is 15. The van der Waals surface area contributed by atoms with Crippen LogP contribution in [0.4, 0.5) is 5.95 Å². The van der Waals surface area contributed by atoms with Gasteiger partial charge in [-0.1, -0.05) is 108 Å². The molecule has 2 fully saturated rings. The molecule has 2 aliphatic rings. The lowest BCUT2D eigenvalue weighted by Crippen LogP contribution is -2.41. The molecular weight excluding hydrogens is 938 g/mol. The maximum absolute atomic E-state index is 13.5. The molecular formula is C50H58N7O9PS2. The SMILES string of the molecule is COCCOC1C(OP(SCCSC(=O)c2ccccc2)N2CCCC2)[C@@H](COC(c2ccccc2)(c2ccc(OC)cc2)c2ccc(OC)cc2)O[C@H]1n1cnc2c(=O)[nH]c(N=CN(C)C)nc21. The van der Waals surface area contributed by atoms with Crippen LogP contribution in [0.5, 0.6) is 11.5 Å². The van der Waals surface area contributed by atoms with Crippen LogP contribution in [0.1, 0.15) is 46.1 Å². The Balaban J connectivity index is 1.21. The van der Waals surface area contributed by atoms with Gasteiger partial charge in [-0.05, 0) is 53.8 Å². The van der Waals surface area contributed by atoms with Gasteiger partial charge in [0.05, 0.1) is 46.7 Å². The van der Waals surface area contributed by atoms with Crippen LogP contribution in [0.3, 0.4) is 0 Å². The zero-order valence-corrected chi connectivity index (χ0v) is 41.9. The number of H-pyrrole nitrogens is 1. The highest BCUT2D eigenvalue weighted by atomic mass is 32.7. The number of aromatic nitrogens is 4. The van der Waals surface area contributed by atoms with E-state index >= 15 is 0 Å². The summed E-state index contributed by atoms with van der Waals surface area (Å²) >= 11 is 3.01. The fourth-order valence-electron chi connectivity index (χ4n) is 8.31. The smallest absolute Gasteiger partial charge is 0.280 e. The lowest BCUT2D eigenvalue weighted by Gasteiger charge is -2.38. The normalized spacial score (nSPS) is 19.1. The van der Waals surface area contributed by atoms with Crippen LogP contribution < -0.4 is 15.0 Å². The molecule has 364 valence electrons. The highest BCUT2D eigenvalue weighted by Crippen LogP contribution is 2.58. The molecule has 16 nitrogen and oxygen atoms in total. The third kappa shape index (κ3) is 11.9.